The number of nitrogens with one attached hydrogen (secondary N) is 1. The Hall–Kier alpha value is -3.17. The number of benzene rings is 2. The largest absolute Gasteiger partial charge is 0.486 e. The van der Waals surface area contributed by atoms with Crippen LogP contribution in [0.25, 0.3) is 11.3 Å². The third-order valence-corrected chi connectivity index (χ3v) is 6.34. The second kappa shape index (κ2) is 10.4. The summed E-state index contributed by atoms with van der Waals surface area (Å²) in [6, 6.07) is 17.8. The van der Waals surface area contributed by atoms with Crippen molar-refractivity contribution in [2.75, 3.05) is 11.1 Å². The smallest absolute Gasteiger partial charge is 0.236 e. The first-order chi connectivity index (χ1) is 15.6. The van der Waals surface area contributed by atoms with E-state index >= 15 is 0 Å². The molecular weight excluding hydrogens is 442 g/mol. The minimum Gasteiger partial charge on any atom is -0.486 e. The zero-order valence-corrected chi connectivity index (χ0v) is 19.4. The number of thiazole rings is 1. The molecule has 0 radical (unpaired) electrons. The molecule has 2 heterocycles. The second-order valence-electron chi connectivity index (χ2n) is 6.99. The van der Waals surface area contributed by atoms with Gasteiger partial charge in [0.25, 0.3) is 0 Å². The summed E-state index contributed by atoms with van der Waals surface area (Å²) in [5.74, 6) is 1.61. The Morgan fingerprint density at radius 2 is 2.00 bits per heavy atom. The number of carbonyl (C=O) groups excluding carboxylic acids is 1. The van der Waals surface area contributed by atoms with E-state index in [1.807, 2.05) is 78.4 Å². The predicted molar refractivity (Wildman–Crippen MR) is 128 cm³/mol. The minimum absolute atomic E-state index is 0.132. The molecule has 1 N–H and O–H groups in total. The summed E-state index contributed by atoms with van der Waals surface area (Å²) in [5.41, 5.74) is 3.01. The molecule has 0 atom stereocenters. The Bertz CT molecular complexity index is 1190. The van der Waals surface area contributed by atoms with Crippen molar-refractivity contribution in [1.29, 1.82) is 0 Å². The van der Waals surface area contributed by atoms with Crippen molar-refractivity contribution in [3.63, 3.8) is 0 Å². The molecule has 0 fully saturated rings. The molecule has 0 aliphatic rings. The number of amides is 1. The number of hydrogen-bond donors (Lipinski definition) is 1. The summed E-state index contributed by atoms with van der Waals surface area (Å²) in [5, 5.41) is 14.6. The first-order valence-corrected chi connectivity index (χ1v) is 12.0. The van der Waals surface area contributed by atoms with E-state index in [2.05, 4.69) is 20.5 Å². The van der Waals surface area contributed by atoms with E-state index in [0.29, 0.717) is 23.4 Å². The van der Waals surface area contributed by atoms with E-state index in [4.69, 9.17) is 4.74 Å². The molecule has 0 aliphatic carbocycles. The SMILES string of the molecule is CCn1c(COc2cccc(C)c2)nnc1SCC(=O)Nc1nc(-c2ccccc2)cs1. The van der Waals surface area contributed by atoms with Gasteiger partial charge in [-0.2, -0.15) is 0 Å². The average Bonchev–Trinajstić information content (AvgIpc) is 3.43. The molecule has 0 saturated heterocycles. The van der Waals surface area contributed by atoms with Crippen LogP contribution in [0.4, 0.5) is 5.13 Å². The number of anilines is 1. The maximum atomic E-state index is 12.4. The van der Waals surface area contributed by atoms with E-state index < -0.39 is 0 Å². The van der Waals surface area contributed by atoms with Gasteiger partial charge in [-0.05, 0) is 31.5 Å². The molecule has 2 aromatic carbocycles. The molecule has 4 aromatic rings. The van der Waals surface area contributed by atoms with Gasteiger partial charge in [-0.1, -0.05) is 54.2 Å². The molecule has 32 heavy (non-hydrogen) atoms. The minimum atomic E-state index is -0.132. The van der Waals surface area contributed by atoms with Gasteiger partial charge in [-0.25, -0.2) is 4.98 Å². The van der Waals surface area contributed by atoms with Crippen molar-refractivity contribution in [2.24, 2.45) is 0 Å². The third-order valence-electron chi connectivity index (χ3n) is 4.62. The van der Waals surface area contributed by atoms with Crippen LogP contribution in [0.2, 0.25) is 0 Å². The molecule has 0 saturated carbocycles. The number of carbonyl (C=O) groups is 1. The predicted octanol–water partition coefficient (Wildman–Crippen LogP) is 5.04. The molecular formula is C23H23N5O2S2. The van der Waals surface area contributed by atoms with Gasteiger partial charge < -0.3 is 14.6 Å². The lowest BCUT2D eigenvalue weighted by Crippen LogP contribution is -2.14. The van der Waals surface area contributed by atoms with Crippen molar-refractivity contribution in [3.8, 4) is 17.0 Å². The van der Waals surface area contributed by atoms with Gasteiger partial charge in [-0.3, -0.25) is 4.79 Å². The average molecular weight is 466 g/mol. The van der Waals surface area contributed by atoms with Gasteiger partial charge in [0.15, 0.2) is 16.1 Å². The lowest BCUT2D eigenvalue weighted by atomic mass is 10.2. The quantitative estimate of drug-likeness (QED) is 0.349. The van der Waals surface area contributed by atoms with Gasteiger partial charge in [0.1, 0.15) is 12.4 Å². The van der Waals surface area contributed by atoms with E-state index in [0.717, 1.165) is 28.4 Å². The van der Waals surface area contributed by atoms with Crippen LogP contribution in [0.3, 0.4) is 0 Å². The number of aryl methyl sites for hydroxylation is 1. The number of ether oxygens (including phenoxy) is 1. The lowest BCUT2D eigenvalue weighted by molar-refractivity contribution is -0.113. The van der Waals surface area contributed by atoms with Gasteiger partial charge in [-0.15, -0.1) is 21.5 Å². The molecule has 9 heteroatoms. The van der Waals surface area contributed by atoms with Crippen LogP contribution in [-0.2, 0) is 17.9 Å². The number of thioether (sulfide) groups is 1. The van der Waals surface area contributed by atoms with E-state index in [9.17, 15) is 4.79 Å². The number of rotatable bonds is 9. The Morgan fingerprint density at radius 3 is 2.78 bits per heavy atom. The summed E-state index contributed by atoms with van der Waals surface area (Å²) in [4.78, 5) is 16.9. The van der Waals surface area contributed by atoms with Crippen LogP contribution in [0, 0.1) is 6.92 Å². The molecule has 4 rings (SSSR count). The maximum Gasteiger partial charge on any atom is 0.236 e. The van der Waals surface area contributed by atoms with Crippen LogP contribution >= 0.6 is 23.1 Å². The van der Waals surface area contributed by atoms with E-state index in [-0.39, 0.29) is 11.7 Å². The van der Waals surface area contributed by atoms with Crippen LogP contribution < -0.4 is 10.1 Å². The molecule has 0 aliphatic heterocycles. The maximum absolute atomic E-state index is 12.4. The Kier molecular flexibility index (Phi) is 7.18. The van der Waals surface area contributed by atoms with Gasteiger partial charge >= 0.3 is 0 Å². The summed E-state index contributed by atoms with van der Waals surface area (Å²) in [6.45, 7) is 5.05. The van der Waals surface area contributed by atoms with Gasteiger partial charge in [0.05, 0.1) is 11.4 Å². The standard InChI is InChI=1S/C23H23N5O2S2/c1-3-28-20(13-30-18-11-7-8-16(2)12-18)26-27-23(28)32-15-21(29)25-22-24-19(14-31-22)17-9-5-4-6-10-17/h4-12,14H,3,13,15H2,1-2H3,(H,24,25,29). The molecule has 0 bridgehead atoms. The second-order valence-corrected chi connectivity index (χ2v) is 8.79. The fraction of sp³-hybridized carbons (Fsp3) is 0.217. The number of hydrogen-bond acceptors (Lipinski definition) is 7. The van der Waals surface area contributed by atoms with E-state index in [1.54, 1.807) is 0 Å². The van der Waals surface area contributed by atoms with Crippen molar-refractivity contribution in [3.05, 3.63) is 71.4 Å². The highest BCUT2D eigenvalue weighted by molar-refractivity contribution is 7.99. The number of nitrogens with zero attached hydrogens (tertiary/aromatic N) is 4. The zero-order valence-electron chi connectivity index (χ0n) is 17.8. The molecule has 7 nitrogen and oxygen atoms in total. The summed E-state index contributed by atoms with van der Waals surface area (Å²) >= 11 is 2.76. The van der Waals surface area contributed by atoms with Gasteiger partial charge in [0, 0.05) is 17.5 Å². The topological polar surface area (TPSA) is 81.9 Å². The molecule has 0 spiro atoms. The highest BCUT2D eigenvalue weighted by atomic mass is 32.2. The molecule has 1 amide bonds. The van der Waals surface area contributed by atoms with Crippen LogP contribution in [-0.4, -0.2) is 31.4 Å². The first kappa shape index (κ1) is 22.0. The van der Waals surface area contributed by atoms with Gasteiger partial charge in [0.2, 0.25) is 5.91 Å². The monoisotopic (exact) mass is 465 g/mol. The van der Waals surface area contributed by atoms with Crippen molar-refractivity contribution < 1.29 is 9.53 Å². The summed E-state index contributed by atoms with van der Waals surface area (Å²) in [6.07, 6.45) is 0. The number of aromatic nitrogens is 4. The molecule has 2 aromatic heterocycles. The zero-order chi connectivity index (χ0) is 22.3. The Balaban J connectivity index is 1.32. The molecule has 164 valence electrons. The summed E-state index contributed by atoms with van der Waals surface area (Å²) in [7, 11) is 0. The van der Waals surface area contributed by atoms with Crippen molar-refractivity contribution in [2.45, 2.75) is 32.2 Å². The Morgan fingerprint density at radius 1 is 1.16 bits per heavy atom. The van der Waals surface area contributed by atoms with Crippen molar-refractivity contribution in [1.82, 2.24) is 19.7 Å². The van der Waals surface area contributed by atoms with Crippen molar-refractivity contribution >= 4 is 34.1 Å². The fourth-order valence-corrected chi connectivity index (χ4v) is 4.62. The Labute approximate surface area is 194 Å². The lowest BCUT2D eigenvalue weighted by Gasteiger charge is -2.09. The van der Waals surface area contributed by atoms with E-state index in [1.165, 1.54) is 23.1 Å². The normalized spacial score (nSPS) is 10.8. The van der Waals surface area contributed by atoms with Crippen LogP contribution in [0.1, 0.15) is 18.3 Å². The third kappa shape index (κ3) is 5.54. The van der Waals surface area contributed by atoms with Crippen LogP contribution in [0.5, 0.6) is 5.75 Å². The first-order valence-electron chi connectivity index (χ1n) is 10.2. The van der Waals surface area contributed by atoms with Crippen LogP contribution in [0.15, 0.2) is 65.1 Å². The highest BCUT2D eigenvalue weighted by Gasteiger charge is 2.15. The molecule has 0 unspecified atom stereocenters. The highest BCUT2D eigenvalue weighted by Crippen LogP contribution is 2.25. The summed E-state index contributed by atoms with van der Waals surface area (Å²) < 4.78 is 7.82. The fourth-order valence-electron chi connectivity index (χ4n) is 3.06.